The Labute approximate surface area is 448 Å². The summed E-state index contributed by atoms with van der Waals surface area (Å²) in [6.45, 7) is 2.41. The zero-order valence-corrected chi connectivity index (χ0v) is 44.0. The molecule has 75 heavy (non-hydrogen) atoms. The van der Waals surface area contributed by atoms with Crippen LogP contribution >= 0.6 is 22.6 Å². The summed E-state index contributed by atoms with van der Waals surface area (Å²) >= 11 is 2.18. The van der Waals surface area contributed by atoms with Gasteiger partial charge in [-0.15, -0.1) is 0 Å². The number of amides is 5. The molecule has 3 rings (SSSR count). The van der Waals surface area contributed by atoms with Crippen molar-refractivity contribution in [2.45, 2.75) is 83.0 Å². The zero-order valence-electron chi connectivity index (χ0n) is 41.8. The molecule has 1 heterocycles. The van der Waals surface area contributed by atoms with E-state index in [-0.39, 0.29) is 103 Å². The molecule has 0 spiro atoms. The molecule has 0 aliphatic carbocycles. The fraction of sp³-hybridized carbons (Fsp3) is 0.551. The molecular formula is C49H70IN9O16. The Morgan fingerprint density at radius 1 is 0.520 bits per heavy atom. The minimum atomic E-state index is -1.53. The number of carbonyl (C=O) groups is 10. The molecule has 0 radical (unpaired) electrons. The van der Waals surface area contributed by atoms with Crippen LogP contribution in [0.15, 0.2) is 48.5 Å². The van der Waals surface area contributed by atoms with Crippen LogP contribution in [0.25, 0.3) is 0 Å². The Balaban J connectivity index is 1.45. The molecule has 414 valence electrons. The highest BCUT2D eigenvalue weighted by molar-refractivity contribution is 14.1. The SMILES string of the molecule is O=C(O)CC[C@@H](NC(=O)N[C@H](CCCCN(Cc1ccc(I)cc1)C(=O)CCCCCNC(=O)c1ccc(CNC(=O)CN2CCN(CC(=O)O)CCN(CC(=O)O)CCN(CC(=O)O)CC2)cc1)C(=O)O)C(=O)O. The van der Waals surface area contributed by atoms with E-state index in [9.17, 15) is 73.5 Å². The number of carbonyl (C=O) groups excluding carboxylic acids is 4. The van der Waals surface area contributed by atoms with Crippen molar-refractivity contribution in [3.8, 4) is 0 Å². The van der Waals surface area contributed by atoms with E-state index < -0.39 is 66.8 Å². The first-order valence-electron chi connectivity index (χ1n) is 24.6. The van der Waals surface area contributed by atoms with Crippen molar-refractivity contribution in [3.63, 3.8) is 0 Å². The van der Waals surface area contributed by atoms with Gasteiger partial charge in [0.1, 0.15) is 12.1 Å². The maximum atomic E-state index is 13.5. The van der Waals surface area contributed by atoms with Gasteiger partial charge in [0.15, 0.2) is 0 Å². The van der Waals surface area contributed by atoms with Crippen molar-refractivity contribution in [2.24, 2.45) is 0 Å². The quantitative estimate of drug-likeness (QED) is 0.0371. The van der Waals surface area contributed by atoms with Crippen molar-refractivity contribution in [3.05, 3.63) is 68.8 Å². The zero-order chi connectivity index (χ0) is 55.3. The lowest BCUT2D eigenvalue weighted by atomic mass is 10.1. The molecule has 0 unspecified atom stereocenters. The minimum absolute atomic E-state index is 0.0168. The van der Waals surface area contributed by atoms with Crippen LogP contribution in [0.4, 0.5) is 4.79 Å². The Morgan fingerprint density at radius 3 is 1.48 bits per heavy atom. The summed E-state index contributed by atoms with van der Waals surface area (Å²) in [6, 6.07) is 10.4. The smallest absolute Gasteiger partial charge is 0.326 e. The Bertz CT molecular complexity index is 2190. The number of carboxylic acid groups (broad SMARTS) is 6. The first kappa shape index (κ1) is 62.8. The number of carboxylic acids is 6. The van der Waals surface area contributed by atoms with Gasteiger partial charge >= 0.3 is 41.8 Å². The van der Waals surface area contributed by atoms with Gasteiger partial charge in [-0.05, 0) is 96.5 Å². The van der Waals surface area contributed by atoms with Gasteiger partial charge in [-0.1, -0.05) is 30.7 Å². The average Bonchev–Trinajstić information content (AvgIpc) is 3.34. The molecule has 2 aromatic carbocycles. The summed E-state index contributed by atoms with van der Waals surface area (Å²) in [5, 5.41) is 66.3. The molecule has 1 saturated heterocycles. The fourth-order valence-corrected chi connectivity index (χ4v) is 8.31. The second-order valence-corrected chi connectivity index (χ2v) is 19.3. The van der Waals surface area contributed by atoms with Crippen LogP contribution in [0.5, 0.6) is 0 Å². The summed E-state index contributed by atoms with van der Waals surface area (Å²) in [7, 11) is 0. The van der Waals surface area contributed by atoms with Crippen LogP contribution < -0.4 is 21.3 Å². The predicted molar refractivity (Wildman–Crippen MR) is 278 cm³/mol. The van der Waals surface area contributed by atoms with Crippen LogP contribution in [0.3, 0.4) is 0 Å². The molecule has 1 aliphatic heterocycles. The van der Waals surface area contributed by atoms with Gasteiger partial charge in [-0.2, -0.15) is 0 Å². The summed E-state index contributed by atoms with van der Waals surface area (Å²) < 4.78 is 1.02. The number of aliphatic carboxylic acids is 6. The Hall–Kier alpha value is -6.49. The molecule has 0 bridgehead atoms. The van der Waals surface area contributed by atoms with E-state index in [2.05, 4.69) is 43.9 Å². The number of nitrogens with zero attached hydrogens (tertiary/aromatic N) is 5. The number of benzene rings is 2. The predicted octanol–water partition coefficient (Wildman–Crippen LogP) is 0.943. The van der Waals surface area contributed by atoms with Gasteiger partial charge < -0.3 is 56.8 Å². The minimum Gasteiger partial charge on any atom is -0.481 e. The van der Waals surface area contributed by atoms with Gasteiger partial charge in [0.2, 0.25) is 11.8 Å². The lowest BCUT2D eigenvalue weighted by molar-refractivity contribution is -0.141. The van der Waals surface area contributed by atoms with E-state index in [0.29, 0.717) is 70.4 Å². The van der Waals surface area contributed by atoms with Crippen molar-refractivity contribution in [1.29, 1.82) is 0 Å². The maximum absolute atomic E-state index is 13.5. The van der Waals surface area contributed by atoms with Crippen LogP contribution in [-0.4, -0.2) is 218 Å². The summed E-state index contributed by atoms with van der Waals surface area (Å²) in [5.74, 6) is -7.95. The van der Waals surface area contributed by atoms with E-state index in [4.69, 9.17) is 5.11 Å². The topological polar surface area (TPSA) is 356 Å². The summed E-state index contributed by atoms with van der Waals surface area (Å²) in [4.78, 5) is 129. The van der Waals surface area contributed by atoms with E-state index in [0.717, 1.165) is 14.7 Å². The molecule has 10 N–H and O–H groups in total. The third kappa shape index (κ3) is 27.0. The molecule has 1 aliphatic rings. The third-order valence-electron chi connectivity index (χ3n) is 12.1. The van der Waals surface area contributed by atoms with Crippen LogP contribution in [0, 0.1) is 3.57 Å². The molecule has 25 nitrogen and oxygen atoms in total. The van der Waals surface area contributed by atoms with Crippen molar-refractivity contribution < 1.29 is 78.6 Å². The number of halogens is 1. The van der Waals surface area contributed by atoms with Crippen molar-refractivity contribution in [2.75, 3.05) is 91.6 Å². The molecule has 5 amide bonds. The highest BCUT2D eigenvalue weighted by atomic mass is 127. The van der Waals surface area contributed by atoms with Crippen LogP contribution in [-0.2, 0) is 51.4 Å². The van der Waals surface area contributed by atoms with Crippen LogP contribution in [0.2, 0.25) is 0 Å². The largest absolute Gasteiger partial charge is 0.481 e. The number of unbranched alkanes of at least 4 members (excludes halogenated alkanes) is 3. The number of rotatable bonds is 31. The summed E-state index contributed by atoms with van der Waals surface area (Å²) in [5.41, 5.74) is 2.03. The number of urea groups is 1. The highest BCUT2D eigenvalue weighted by Gasteiger charge is 2.26. The van der Waals surface area contributed by atoms with Gasteiger partial charge in [-0.25, -0.2) is 14.4 Å². The lowest BCUT2D eigenvalue weighted by Crippen LogP contribution is -2.51. The molecular weight excluding hydrogens is 1100 g/mol. The molecule has 0 aromatic heterocycles. The van der Waals surface area contributed by atoms with Crippen molar-refractivity contribution in [1.82, 2.24) is 45.8 Å². The number of hydrogen-bond donors (Lipinski definition) is 10. The lowest BCUT2D eigenvalue weighted by Gasteiger charge is -2.32. The molecule has 0 saturated carbocycles. The Kier molecular flexibility index (Phi) is 28.6. The van der Waals surface area contributed by atoms with Gasteiger partial charge in [-0.3, -0.25) is 53.2 Å². The van der Waals surface area contributed by atoms with E-state index in [1.165, 1.54) is 0 Å². The molecule has 2 aromatic rings. The average molecular weight is 1170 g/mol. The second kappa shape index (κ2) is 34.2. The van der Waals surface area contributed by atoms with E-state index in [1.54, 1.807) is 43.9 Å². The second-order valence-electron chi connectivity index (χ2n) is 18.1. The van der Waals surface area contributed by atoms with Crippen LogP contribution in [0.1, 0.15) is 79.3 Å². The molecule has 1 fully saturated rings. The van der Waals surface area contributed by atoms with E-state index in [1.807, 2.05) is 29.2 Å². The van der Waals surface area contributed by atoms with Gasteiger partial charge in [0, 0.05) is 101 Å². The monoisotopic (exact) mass is 1170 g/mol. The normalized spacial score (nSPS) is 14.9. The maximum Gasteiger partial charge on any atom is 0.326 e. The third-order valence-corrected chi connectivity index (χ3v) is 12.8. The first-order chi connectivity index (χ1) is 35.7. The Morgan fingerprint density at radius 2 is 1.00 bits per heavy atom. The molecule has 26 heteroatoms. The van der Waals surface area contributed by atoms with Gasteiger partial charge in [0.05, 0.1) is 26.2 Å². The van der Waals surface area contributed by atoms with Crippen molar-refractivity contribution >= 4 is 82.2 Å². The highest BCUT2D eigenvalue weighted by Crippen LogP contribution is 2.15. The standard InChI is InChI=1S/C49H70IN9O16/c50-37-14-10-35(11-15-37)29-59(19-5-3-6-38(47(71)72)53-49(75)54-39(48(73)74)16-17-42(62)63)41(61)7-2-1-4-18-51-46(70)36-12-8-34(9-13-36)28-52-40(60)30-55-20-22-56(31-43(64)65)24-26-58(33-45(68)69)27-25-57(23-21-55)32-44(66)67/h8-15,38-39H,1-7,16-33H2,(H,51,70)(H,52,60)(H,62,63)(H,64,65)(H,66,67)(H,68,69)(H,71,72)(H,73,74)(H2,53,54,75)/t38-,39-/m1/s1. The first-order valence-corrected chi connectivity index (χ1v) is 25.7. The summed E-state index contributed by atoms with van der Waals surface area (Å²) in [6.07, 6.45) is 1.79. The molecule has 2 atom stereocenters. The van der Waals surface area contributed by atoms with E-state index >= 15 is 0 Å². The number of hydrogen-bond acceptors (Lipinski definition) is 14. The fourth-order valence-electron chi connectivity index (χ4n) is 7.95. The number of nitrogens with one attached hydrogen (secondary N) is 4. The van der Waals surface area contributed by atoms with Gasteiger partial charge in [0.25, 0.3) is 5.91 Å².